The van der Waals surface area contributed by atoms with E-state index in [9.17, 15) is 13.2 Å². The number of halogens is 3. The third-order valence-electron chi connectivity index (χ3n) is 2.59. The van der Waals surface area contributed by atoms with Gasteiger partial charge in [0, 0.05) is 13.2 Å². The van der Waals surface area contributed by atoms with Gasteiger partial charge >= 0.3 is 6.18 Å². The Labute approximate surface area is 107 Å². The second-order valence-corrected chi connectivity index (χ2v) is 4.09. The zero-order chi connectivity index (χ0) is 14.0. The van der Waals surface area contributed by atoms with Gasteiger partial charge in [0.15, 0.2) is 5.82 Å². The second-order valence-electron chi connectivity index (χ2n) is 4.09. The average molecular weight is 271 g/mol. The lowest BCUT2D eigenvalue weighted by molar-refractivity contribution is -0.137. The number of hydrogen-bond donors (Lipinski definition) is 1. The summed E-state index contributed by atoms with van der Waals surface area (Å²) in [5.41, 5.74) is -0.741. The van der Waals surface area contributed by atoms with Crippen LogP contribution >= 0.6 is 0 Å². The number of anilines is 1. The Morgan fingerprint density at radius 1 is 1.37 bits per heavy atom. The van der Waals surface area contributed by atoms with Gasteiger partial charge in [-0.25, -0.2) is 4.98 Å². The van der Waals surface area contributed by atoms with E-state index in [1.807, 2.05) is 0 Å². The van der Waals surface area contributed by atoms with Gasteiger partial charge in [-0.05, 0) is 19.1 Å². The van der Waals surface area contributed by atoms with Gasteiger partial charge in [-0.1, -0.05) is 0 Å². The molecule has 2 aromatic rings. The maximum absolute atomic E-state index is 12.6. The fourth-order valence-electron chi connectivity index (χ4n) is 1.66. The molecule has 0 amide bonds. The number of aryl methyl sites for hydroxylation is 1. The molecule has 1 atom stereocenters. The molecule has 0 aliphatic rings. The summed E-state index contributed by atoms with van der Waals surface area (Å²) in [7, 11) is 1.76. The fourth-order valence-corrected chi connectivity index (χ4v) is 1.66. The van der Waals surface area contributed by atoms with Crippen LogP contribution in [0, 0.1) is 0 Å². The first-order chi connectivity index (χ1) is 8.88. The quantitative estimate of drug-likeness (QED) is 0.931. The van der Waals surface area contributed by atoms with Gasteiger partial charge in [-0.3, -0.25) is 0 Å². The molecular weight excluding hydrogens is 259 g/mol. The maximum atomic E-state index is 12.6. The zero-order valence-corrected chi connectivity index (χ0v) is 10.3. The fraction of sp³-hybridized carbons (Fsp3) is 0.364. The highest BCUT2D eigenvalue weighted by Gasteiger charge is 2.30. The van der Waals surface area contributed by atoms with Crippen molar-refractivity contribution in [3.63, 3.8) is 0 Å². The van der Waals surface area contributed by atoms with E-state index in [1.54, 1.807) is 18.5 Å². The van der Waals surface area contributed by atoms with Crippen molar-refractivity contribution in [3.05, 3.63) is 36.0 Å². The summed E-state index contributed by atoms with van der Waals surface area (Å²) in [5.74, 6) is 0.754. The first-order valence-corrected chi connectivity index (χ1v) is 5.51. The molecule has 2 heterocycles. The minimum atomic E-state index is -4.38. The monoisotopic (exact) mass is 271 g/mol. The average Bonchev–Trinajstić information content (AvgIpc) is 2.75. The number of aromatic nitrogens is 4. The van der Waals surface area contributed by atoms with Crippen LogP contribution < -0.4 is 5.32 Å². The molecule has 1 unspecified atom stereocenters. The summed E-state index contributed by atoms with van der Waals surface area (Å²) in [6, 6.07) is 1.59. The van der Waals surface area contributed by atoms with Crippen molar-refractivity contribution in [2.45, 2.75) is 19.1 Å². The van der Waals surface area contributed by atoms with E-state index in [0.717, 1.165) is 18.3 Å². The van der Waals surface area contributed by atoms with Crippen molar-refractivity contribution >= 4 is 5.82 Å². The molecule has 1 N–H and O–H groups in total. The van der Waals surface area contributed by atoms with Crippen LogP contribution in [-0.2, 0) is 13.2 Å². The van der Waals surface area contributed by atoms with Crippen LogP contribution in [-0.4, -0.2) is 19.7 Å². The van der Waals surface area contributed by atoms with Gasteiger partial charge in [0.2, 0.25) is 0 Å². The Balaban J connectivity index is 2.18. The van der Waals surface area contributed by atoms with E-state index in [1.165, 1.54) is 6.33 Å². The minimum absolute atomic E-state index is 0.144. The number of nitrogens with one attached hydrogen (secondary N) is 1. The van der Waals surface area contributed by atoms with Crippen molar-refractivity contribution in [3.8, 4) is 0 Å². The number of alkyl halides is 3. The first kappa shape index (κ1) is 13.3. The van der Waals surface area contributed by atoms with E-state index in [2.05, 4.69) is 20.5 Å². The molecule has 0 aliphatic carbocycles. The molecule has 0 spiro atoms. The van der Waals surface area contributed by atoms with Crippen molar-refractivity contribution in [1.82, 2.24) is 19.7 Å². The van der Waals surface area contributed by atoms with Crippen molar-refractivity contribution < 1.29 is 13.2 Å². The molecule has 19 heavy (non-hydrogen) atoms. The summed E-state index contributed by atoms with van der Waals surface area (Å²) in [6.45, 7) is 1.77. The van der Waals surface area contributed by atoms with E-state index >= 15 is 0 Å². The first-order valence-electron chi connectivity index (χ1n) is 5.51. The van der Waals surface area contributed by atoms with Gasteiger partial charge in [0.1, 0.15) is 12.1 Å². The van der Waals surface area contributed by atoms with Gasteiger partial charge in [0.25, 0.3) is 0 Å². The smallest absolute Gasteiger partial charge is 0.360 e. The van der Waals surface area contributed by atoms with Gasteiger partial charge in [-0.15, -0.1) is 10.2 Å². The Morgan fingerprint density at radius 3 is 2.68 bits per heavy atom. The molecule has 5 nitrogen and oxygen atoms in total. The van der Waals surface area contributed by atoms with Crippen LogP contribution in [0.15, 0.2) is 24.7 Å². The third kappa shape index (κ3) is 3.01. The molecule has 0 bridgehead atoms. The molecule has 8 heteroatoms. The maximum Gasteiger partial charge on any atom is 0.416 e. The SMILES string of the molecule is CC(Nc1cc(C(F)(F)F)ccn1)c1nncn1C. The highest BCUT2D eigenvalue weighted by molar-refractivity contribution is 5.40. The lowest BCUT2D eigenvalue weighted by Crippen LogP contribution is -2.14. The highest BCUT2D eigenvalue weighted by atomic mass is 19.4. The highest BCUT2D eigenvalue weighted by Crippen LogP contribution is 2.30. The molecule has 0 aliphatic heterocycles. The molecule has 0 radical (unpaired) electrons. The molecule has 2 rings (SSSR count). The summed E-state index contributed by atoms with van der Waals surface area (Å²) in [5, 5.41) is 10.5. The van der Waals surface area contributed by atoms with Crippen molar-refractivity contribution in [1.29, 1.82) is 0 Å². The van der Waals surface area contributed by atoms with E-state index < -0.39 is 11.7 Å². The predicted molar refractivity (Wildman–Crippen MR) is 62.3 cm³/mol. The Bertz CT molecular complexity index is 563. The van der Waals surface area contributed by atoms with Crippen LogP contribution in [0.25, 0.3) is 0 Å². The summed E-state index contributed by atoms with van der Waals surface area (Å²) >= 11 is 0. The lowest BCUT2D eigenvalue weighted by Gasteiger charge is -2.14. The Hall–Kier alpha value is -2.12. The number of rotatable bonds is 3. The molecule has 2 aromatic heterocycles. The zero-order valence-electron chi connectivity index (χ0n) is 10.3. The Kier molecular flexibility index (Phi) is 3.41. The van der Waals surface area contributed by atoms with Crippen LogP contribution in [0.1, 0.15) is 24.4 Å². The molecule has 0 fully saturated rings. The largest absolute Gasteiger partial charge is 0.416 e. The predicted octanol–water partition coefficient (Wildman–Crippen LogP) is 2.40. The topological polar surface area (TPSA) is 55.6 Å². The van der Waals surface area contributed by atoms with E-state index in [0.29, 0.717) is 5.82 Å². The van der Waals surface area contributed by atoms with E-state index in [-0.39, 0.29) is 11.9 Å². The van der Waals surface area contributed by atoms with E-state index in [4.69, 9.17) is 0 Å². The van der Waals surface area contributed by atoms with Gasteiger partial charge in [-0.2, -0.15) is 13.2 Å². The summed E-state index contributed by atoms with van der Waals surface area (Å²) < 4.78 is 39.4. The summed E-state index contributed by atoms with van der Waals surface area (Å²) in [4.78, 5) is 3.86. The summed E-state index contributed by atoms with van der Waals surface area (Å²) in [6.07, 6.45) is -1.74. The second kappa shape index (κ2) is 4.87. The van der Waals surface area contributed by atoms with Crippen LogP contribution in [0.3, 0.4) is 0 Å². The molecule has 102 valence electrons. The lowest BCUT2D eigenvalue weighted by atomic mass is 10.2. The van der Waals surface area contributed by atoms with Crippen molar-refractivity contribution in [2.75, 3.05) is 5.32 Å². The minimum Gasteiger partial charge on any atom is -0.360 e. The normalized spacial score (nSPS) is 13.3. The Morgan fingerprint density at radius 2 is 2.11 bits per heavy atom. The standard InChI is InChI=1S/C11H12F3N5/c1-7(10-18-16-6-19(10)2)17-9-5-8(3-4-15-9)11(12,13)14/h3-7H,1-2H3,(H,15,17). The molecule has 0 aromatic carbocycles. The number of hydrogen-bond acceptors (Lipinski definition) is 4. The molecule has 0 saturated carbocycles. The van der Waals surface area contributed by atoms with Crippen LogP contribution in [0.2, 0.25) is 0 Å². The van der Waals surface area contributed by atoms with Crippen LogP contribution in [0.4, 0.5) is 19.0 Å². The van der Waals surface area contributed by atoms with Crippen molar-refractivity contribution in [2.24, 2.45) is 7.05 Å². The molecule has 0 saturated heterocycles. The van der Waals surface area contributed by atoms with Gasteiger partial charge in [0.05, 0.1) is 11.6 Å². The number of nitrogens with zero attached hydrogens (tertiary/aromatic N) is 4. The molecular formula is C11H12F3N5. The third-order valence-corrected chi connectivity index (χ3v) is 2.59. The van der Waals surface area contributed by atoms with Gasteiger partial charge < -0.3 is 9.88 Å². The number of pyridine rings is 1. The van der Waals surface area contributed by atoms with Crippen LogP contribution in [0.5, 0.6) is 0 Å².